The first-order valence-electron chi connectivity index (χ1n) is 11.2. The molecule has 1 aliphatic rings. The Balaban J connectivity index is 0.00000385. The van der Waals surface area contributed by atoms with Gasteiger partial charge in [-0.25, -0.2) is 0 Å². The Morgan fingerprint density at radius 3 is 2.55 bits per heavy atom. The van der Waals surface area contributed by atoms with Crippen LogP contribution < -0.4 is 16.0 Å². The summed E-state index contributed by atoms with van der Waals surface area (Å²) in [5.41, 5.74) is 4.36. The fraction of sp³-hybridized carbons (Fsp3) is 0.400. The van der Waals surface area contributed by atoms with E-state index in [1.807, 2.05) is 29.2 Å². The number of aliphatic imine (C=N–C) groups is 1. The van der Waals surface area contributed by atoms with E-state index in [-0.39, 0.29) is 35.8 Å². The number of hydrogen-bond donors (Lipinski definition) is 3. The average Bonchev–Trinajstić information content (AvgIpc) is 2.84. The van der Waals surface area contributed by atoms with Crippen molar-refractivity contribution in [2.45, 2.75) is 32.2 Å². The molecule has 33 heavy (non-hydrogen) atoms. The highest BCUT2D eigenvalue weighted by atomic mass is 127. The molecule has 0 saturated carbocycles. The molecule has 0 saturated heterocycles. The third-order valence-corrected chi connectivity index (χ3v) is 5.69. The number of nitrogens with one attached hydrogen (secondary N) is 3. The Kier molecular flexibility index (Phi) is 11.2. The molecule has 2 amide bonds. The second kappa shape index (κ2) is 13.8. The molecule has 3 rings (SSSR count). The summed E-state index contributed by atoms with van der Waals surface area (Å²) in [6.07, 6.45) is 2.99. The van der Waals surface area contributed by atoms with Crippen LogP contribution in [0, 0.1) is 0 Å². The molecule has 0 aliphatic carbocycles. The maximum atomic E-state index is 12.6. The molecule has 0 unspecified atom stereocenters. The Labute approximate surface area is 213 Å². The van der Waals surface area contributed by atoms with Crippen LogP contribution in [0.1, 0.15) is 39.9 Å². The number of carbonyl (C=O) groups is 2. The summed E-state index contributed by atoms with van der Waals surface area (Å²) >= 11 is 0. The van der Waals surface area contributed by atoms with Gasteiger partial charge in [-0.2, -0.15) is 0 Å². The second-order valence-electron chi connectivity index (χ2n) is 7.89. The molecule has 8 heteroatoms. The fourth-order valence-corrected chi connectivity index (χ4v) is 3.87. The number of rotatable bonds is 8. The smallest absolute Gasteiger partial charge is 0.251 e. The van der Waals surface area contributed by atoms with E-state index < -0.39 is 0 Å². The van der Waals surface area contributed by atoms with Crippen molar-refractivity contribution < 1.29 is 9.59 Å². The van der Waals surface area contributed by atoms with Gasteiger partial charge in [0.15, 0.2) is 5.96 Å². The van der Waals surface area contributed by atoms with Crippen LogP contribution in [0.4, 0.5) is 0 Å². The Morgan fingerprint density at radius 2 is 1.79 bits per heavy atom. The monoisotopic (exact) mass is 563 g/mol. The van der Waals surface area contributed by atoms with Gasteiger partial charge >= 0.3 is 0 Å². The number of nitrogens with zero attached hydrogens (tertiary/aromatic N) is 2. The first-order valence-corrected chi connectivity index (χ1v) is 11.2. The SMILES string of the molecule is CN=C(NCCCC(=O)N1CCc2ccccc2C1)NCCc1cccc(C(=O)NC)c1.I. The largest absolute Gasteiger partial charge is 0.356 e. The van der Waals surface area contributed by atoms with Crippen molar-refractivity contribution in [2.75, 3.05) is 33.7 Å². The highest BCUT2D eigenvalue weighted by Gasteiger charge is 2.19. The van der Waals surface area contributed by atoms with Crippen LogP contribution >= 0.6 is 24.0 Å². The summed E-state index contributed by atoms with van der Waals surface area (Å²) in [5, 5.41) is 9.20. The summed E-state index contributed by atoms with van der Waals surface area (Å²) in [4.78, 5) is 30.5. The summed E-state index contributed by atoms with van der Waals surface area (Å²) in [6.45, 7) is 2.89. The lowest BCUT2D eigenvalue weighted by Crippen LogP contribution is -2.39. The maximum Gasteiger partial charge on any atom is 0.251 e. The zero-order chi connectivity index (χ0) is 22.8. The predicted molar refractivity (Wildman–Crippen MR) is 143 cm³/mol. The number of guanidine groups is 1. The van der Waals surface area contributed by atoms with Crippen LogP contribution in [0.2, 0.25) is 0 Å². The van der Waals surface area contributed by atoms with Gasteiger partial charge in [0.25, 0.3) is 5.91 Å². The number of benzene rings is 2. The molecular weight excluding hydrogens is 529 g/mol. The third kappa shape index (κ3) is 8.03. The van der Waals surface area contributed by atoms with E-state index in [4.69, 9.17) is 0 Å². The Morgan fingerprint density at radius 1 is 1.03 bits per heavy atom. The lowest BCUT2D eigenvalue weighted by atomic mass is 9.99. The minimum atomic E-state index is -0.0828. The van der Waals surface area contributed by atoms with Gasteiger partial charge < -0.3 is 20.9 Å². The zero-order valence-electron chi connectivity index (χ0n) is 19.4. The van der Waals surface area contributed by atoms with E-state index in [9.17, 15) is 9.59 Å². The van der Waals surface area contributed by atoms with Gasteiger partial charge in [0.2, 0.25) is 5.91 Å². The van der Waals surface area contributed by atoms with E-state index in [2.05, 4.69) is 39.1 Å². The van der Waals surface area contributed by atoms with Gasteiger partial charge in [-0.05, 0) is 48.1 Å². The first kappa shape index (κ1) is 26.6. The molecule has 0 spiro atoms. The summed E-state index contributed by atoms with van der Waals surface area (Å²) in [5.74, 6) is 0.840. The van der Waals surface area contributed by atoms with E-state index in [1.54, 1.807) is 20.2 Å². The van der Waals surface area contributed by atoms with Crippen LogP contribution in [0.5, 0.6) is 0 Å². The molecule has 2 aromatic carbocycles. The second-order valence-corrected chi connectivity index (χ2v) is 7.89. The Bertz CT molecular complexity index is 963. The predicted octanol–water partition coefficient (Wildman–Crippen LogP) is 2.74. The van der Waals surface area contributed by atoms with Crippen LogP contribution in [0.25, 0.3) is 0 Å². The molecule has 0 radical (unpaired) electrons. The topological polar surface area (TPSA) is 85.8 Å². The molecule has 2 aromatic rings. The third-order valence-electron chi connectivity index (χ3n) is 5.69. The fourth-order valence-electron chi connectivity index (χ4n) is 3.87. The number of amides is 2. The summed E-state index contributed by atoms with van der Waals surface area (Å²) in [6, 6.07) is 16.0. The molecule has 178 valence electrons. The molecule has 1 aliphatic heterocycles. The highest BCUT2D eigenvalue weighted by molar-refractivity contribution is 14.0. The normalized spacial score (nSPS) is 12.9. The Hall–Kier alpha value is -2.62. The van der Waals surface area contributed by atoms with Crippen molar-refractivity contribution in [2.24, 2.45) is 4.99 Å². The lowest BCUT2D eigenvalue weighted by molar-refractivity contribution is -0.132. The summed E-state index contributed by atoms with van der Waals surface area (Å²) in [7, 11) is 3.36. The van der Waals surface area contributed by atoms with Gasteiger partial charge in [0.05, 0.1) is 0 Å². The quantitative estimate of drug-likeness (QED) is 0.200. The van der Waals surface area contributed by atoms with Crippen molar-refractivity contribution in [3.63, 3.8) is 0 Å². The first-order chi connectivity index (χ1) is 15.6. The molecule has 7 nitrogen and oxygen atoms in total. The molecule has 3 N–H and O–H groups in total. The molecule has 0 aromatic heterocycles. The van der Waals surface area contributed by atoms with Gasteiger partial charge in [0, 0.05) is 52.3 Å². The molecular formula is C25H34IN5O2. The lowest BCUT2D eigenvalue weighted by Gasteiger charge is -2.29. The van der Waals surface area contributed by atoms with Crippen LogP contribution in [-0.2, 0) is 24.2 Å². The molecule has 0 bridgehead atoms. The minimum Gasteiger partial charge on any atom is -0.356 e. The summed E-state index contributed by atoms with van der Waals surface area (Å²) < 4.78 is 0. The minimum absolute atomic E-state index is 0. The number of halogens is 1. The van der Waals surface area contributed by atoms with E-state index in [1.165, 1.54) is 11.1 Å². The van der Waals surface area contributed by atoms with E-state index >= 15 is 0 Å². The molecule has 0 atom stereocenters. The van der Waals surface area contributed by atoms with Crippen molar-refractivity contribution in [1.82, 2.24) is 20.9 Å². The average molecular weight is 563 g/mol. The maximum absolute atomic E-state index is 12.6. The zero-order valence-corrected chi connectivity index (χ0v) is 21.7. The van der Waals surface area contributed by atoms with E-state index in [0.29, 0.717) is 37.6 Å². The molecule has 0 fully saturated rings. The van der Waals surface area contributed by atoms with Gasteiger partial charge in [-0.3, -0.25) is 14.6 Å². The van der Waals surface area contributed by atoms with Crippen molar-refractivity contribution in [3.05, 3.63) is 70.8 Å². The van der Waals surface area contributed by atoms with Gasteiger partial charge in [-0.15, -0.1) is 24.0 Å². The van der Waals surface area contributed by atoms with Crippen LogP contribution in [-0.4, -0.2) is 56.4 Å². The van der Waals surface area contributed by atoms with Crippen molar-refractivity contribution in [3.8, 4) is 0 Å². The number of fused-ring (bicyclic) bond motifs is 1. The number of hydrogen-bond acceptors (Lipinski definition) is 3. The van der Waals surface area contributed by atoms with Crippen molar-refractivity contribution in [1.29, 1.82) is 0 Å². The highest BCUT2D eigenvalue weighted by Crippen LogP contribution is 2.19. The molecule has 1 heterocycles. The standard InChI is InChI=1S/C25H33N5O2.HI/c1-26-24(32)21-10-5-7-19(17-21)12-15-29-25(27-2)28-14-6-11-23(31)30-16-13-20-8-3-4-9-22(20)18-30;/h3-5,7-10,17H,6,11-16,18H2,1-2H3,(H,26,32)(H2,27,28,29);1H. The van der Waals surface area contributed by atoms with Gasteiger partial charge in [-0.1, -0.05) is 36.4 Å². The van der Waals surface area contributed by atoms with Crippen molar-refractivity contribution >= 4 is 41.8 Å². The van der Waals surface area contributed by atoms with E-state index in [0.717, 1.165) is 31.4 Å². The number of carbonyl (C=O) groups excluding carboxylic acids is 2. The van der Waals surface area contributed by atoms with Crippen LogP contribution in [0.15, 0.2) is 53.5 Å². The van der Waals surface area contributed by atoms with Crippen LogP contribution in [0.3, 0.4) is 0 Å². The van der Waals surface area contributed by atoms with Gasteiger partial charge in [0.1, 0.15) is 0 Å².